The van der Waals surface area contributed by atoms with Crippen LogP contribution < -0.4 is 5.32 Å². The lowest BCUT2D eigenvalue weighted by atomic mass is 10.2. The fraction of sp³-hybridized carbons (Fsp3) is 0.133. The van der Waals surface area contributed by atoms with Crippen LogP contribution in [0.1, 0.15) is 5.56 Å². The summed E-state index contributed by atoms with van der Waals surface area (Å²) < 4.78 is 5.89. The van der Waals surface area contributed by atoms with Gasteiger partial charge in [-0.2, -0.15) is 0 Å². The van der Waals surface area contributed by atoms with Crippen LogP contribution in [0.4, 0.5) is 5.82 Å². The number of pyridine rings is 1. The molecule has 3 aromatic rings. The van der Waals surface area contributed by atoms with E-state index in [-0.39, 0.29) is 0 Å². The molecule has 0 unspecified atom stereocenters. The lowest BCUT2D eigenvalue weighted by Gasteiger charge is -2.06. The average molecular weight is 307 g/mol. The van der Waals surface area contributed by atoms with Crippen LogP contribution in [-0.4, -0.2) is 12.0 Å². The highest BCUT2D eigenvalue weighted by molar-refractivity contribution is 6.37. The van der Waals surface area contributed by atoms with E-state index in [9.17, 15) is 0 Å². The highest BCUT2D eigenvalue weighted by atomic mass is 35.5. The van der Waals surface area contributed by atoms with Crippen LogP contribution in [0, 0.1) is 6.92 Å². The molecular formula is C15H12Cl2N2O. The number of rotatable bonds is 2. The van der Waals surface area contributed by atoms with Gasteiger partial charge in [0.1, 0.15) is 17.1 Å². The summed E-state index contributed by atoms with van der Waals surface area (Å²) in [6.07, 6.45) is 0. The van der Waals surface area contributed by atoms with Gasteiger partial charge in [0.2, 0.25) is 0 Å². The molecule has 0 saturated carbocycles. The van der Waals surface area contributed by atoms with E-state index in [0.717, 1.165) is 16.5 Å². The first-order valence-electron chi connectivity index (χ1n) is 6.13. The minimum atomic E-state index is 0.464. The molecule has 0 radical (unpaired) electrons. The number of nitrogens with one attached hydrogen (secondary N) is 1. The molecule has 0 bridgehead atoms. The van der Waals surface area contributed by atoms with Gasteiger partial charge in [-0.25, -0.2) is 4.98 Å². The Kier molecular flexibility index (Phi) is 3.32. The topological polar surface area (TPSA) is 38.1 Å². The van der Waals surface area contributed by atoms with Crippen LogP contribution in [0.5, 0.6) is 0 Å². The zero-order chi connectivity index (χ0) is 14.3. The molecule has 0 saturated heterocycles. The summed E-state index contributed by atoms with van der Waals surface area (Å²) in [6, 6.07) is 9.60. The first-order chi connectivity index (χ1) is 9.60. The van der Waals surface area contributed by atoms with Crippen molar-refractivity contribution in [1.29, 1.82) is 0 Å². The predicted molar refractivity (Wildman–Crippen MR) is 83.7 cm³/mol. The smallest absolute Gasteiger partial charge is 0.155 e. The van der Waals surface area contributed by atoms with Gasteiger partial charge in [0, 0.05) is 12.4 Å². The van der Waals surface area contributed by atoms with Crippen molar-refractivity contribution in [2.75, 3.05) is 12.4 Å². The highest BCUT2D eigenvalue weighted by Crippen LogP contribution is 2.35. The second kappa shape index (κ2) is 5.00. The van der Waals surface area contributed by atoms with Gasteiger partial charge in [0.15, 0.2) is 5.76 Å². The Labute approximate surface area is 126 Å². The van der Waals surface area contributed by atoms with E-state index in [1.807, 2.05) is 31.2 Å². The number of benzene rings is 1. The monoisotopic (exact) mass is 306 g/mol. The lowest BCUT2D eigenvalue weighted by Crippen LogP contribution is -1.95. The van der Waals surface area contributed by atoms with E-state index in [2.05, 4.69) is 10.3 Å². The number of aromatic nitrogens is 1. The Morgan fingerprint density at radius 1 is 1.15 bits per heavy atom. The quantitative estimate of drug-likeness (QED) is 0.711. The summed E-state index contributed by atoms with van der Waals surface area (Å²) in [4.78, 5) is 4.42. The van der Waals surface area contributed by atoms with Crippen molar-refractivity contribution >= 4 is 40.0 Å². The lowest BCUT2D eigenvalue weighted by molar-refractivity contribution is 0.626. The Morgan fingerprint density at radius 3 is 2.65 bits per heavy atom. The van der Waals surface area contributed by atoms with Crippen LogP contribution in [0.3, 0.4) is 0 Å². The summed E-state index contributed by atoms with van der Waals surface area (Å²) in [6.45, 7) is 2.01. The average Bonchev–Trinajstić information content (AvgIpc) is 2.84. The van der Waals surface area contributed by atoms with Gasteiger partial charge < -0.3 is 9.73 Å². The third-order valence-corrected chi connectivity index (χ3v) is 3.72. The summed E-state index contributed by atoms with van der Waals surface area (Å²) in [5.41, 5.74) is 2.50. The van der Waals surface area contributed by atoms with Crippen LogP contribution in [0.25, 0.3) is 22.4 Å². The molecule has 0 atom stereocenters. The van der Waals surface area contributed by atoms with Crippen molar-refractivity contribution in [3.05, 3.63) is 45.9 Å². The third-order valence-electron chi connectivity index (χ3n) is 3.14. The minimum Gasteiger partial charge on any atom is -0.454 e. The second-order valence-corrected chi connectivity index (χ2v) is 5.32. The normalized spacial score (nSPS) is 11.0. The van der Waals surface area contributed by atoms with Gasteiger partial charge in [-0.1, -0.05) is 41.4 Å². The number of aryl methyl sites for hydroxylation is 1. The number of hydrogen-bond donors (Lipinski definition) is 1. The van der Waals surface area contributed by atoms with Crippen molar-refractivity contribution in [3.8, 4) is 11.5 Å². The molecule has 2 heterocycles. The van der Waals surface area contributed by atoms with E-state index in [1.54, 1.807) is 13.1 Å². The minimum absolute atomic E-state index is 0.464. The van der Waals surface area contributed by atoms with Gasteiger partial charge >= 0.3 is 0 Å². The van der Waals surface area contributed by atoms with Crippen molar-refractivity contribution < 1.29 is 4.42 Å². The second-order valence-electron chi connectivity index (χ2n) is 4.50. The molecule has 0 aliphatic rings. The molecular weight excluding hydrogens is 295 g/mol. The summed E-state index contributed by atoms with van der Waals surface area (Å²) in [7, 11) is 1.76. The Bertz CT molecular complexity index is 796. The maximum absolute atomic E-state index is 6.23. The van der Waals surface area contributed by atoms with E-state index in [4.69, 9.17) is 27.6 Å². The Hall–Kier alpha value is -1.71. The number of nitrogens with zero attached hydrogens (tertiary/aromatic N) is 1. The van der Waals surface area contributed by atoms with Crippen molar-refractivity contribution in [2.24, 2.45) is 0 Å². The van der Waals surface area contributed by atoms with Gasteiger partial charge in [-0.05, 0) is 24.6 Å². The molecule has 0 aliphatic carbocycles. The van der Waals surface area contributed by atoms with Crippen LogP contribution in [0.15, 0.2) is 34.7 Å². The zero-order valence-corrected chi connectivity index (χ0v) is 12.5. The number of para-hydroxylation sites is 1. The summed E-state index contributed by atoms with van der Waals surface area (Å²) >= 11 is 12.3. The molecule has 0 spiro atoms. The van der Waals surface area contributed by atoms with E-state index >= 15 is 0 Å². The number of hydrogen-bond acceptors (Lipinski definition) is 3. The van der Waals surface area contributed by atoms with Crippen molar-refractivity contribution in [2.45, 2.75) is 6.92 Å². The van der Waals surface area contributed by atoms with Crippen molar-refractivity contribution in [1.82, 2.24) is 4.98 Å². The van der Waals surface area contributed by atoms with Gasteiger partial charge in [-0.3, -0.25) is 0 Å². The van der Waals surface area contributed by atoms with Crippen LogP contribution >= 0.6 is 23.2 Å². The molecule has 3 nitrogen and oxygen atoms in total. The van der Waals surface area contributed by atoms with E-state index < -0.39 is 0 Å². The molecule has 2 aromatic heterocycles. The number of anilines is 1. The molecule has 1 aromatic carbocycles. The number of furan rings is 1. The Morgan fingerprint density at radius 2 is 1.95 bits per heavy atom. The first kappa shape index (κ1) is 13.3. The maximum atomic E-state index is 6.23. The third kappa shape index (κ3) is 2.13. The summed E-state index contributed by atoms with van der Waals surface area (Å²) in [5.74, 6) is 1.20. The summed E-state index contributed by atoms with van der Waals surface area (Å²) in [5, 5.41) is 4.90. The van der Waals surface area contributed by atoms with Crippen LogP contribution in [-0.2, 0) is 0 Å². The van der Waals surface area contributed by atoms with E-state index in [1.165, 1.54) is 0 Å². The largest absolute Gasteiger partial charge is 0.454 e. The molecule has 0 fully saturated rings. The first-order valence-corrected chi connectivity index (χ1v) is 6.89. The molecule has 20 heavy (non-hydrogen) atoms. The maximum Gasteiger partial charge on any atom is 0.155 e. The highest BCUT2D eigenvalue weighted by Gasteiger charge is 2.15. The van der Waals surface area contributed by atoms with E-state index in [0.29, 0.717) is 27.3 Å². The molecule has 1 N–H and O–H groups in total. The van der Waals surface area contributed by atoms with Gasteiger partial charge in [0.05, 0.1) is 10.0 Å². The zero-order valence-electron chi connectivity index (χ0n) is 11.0. The molecule has 5 heteroatoms. The predicted octanol–water partition coefficient (Wildman–Crippen LogP) is 5.15. The molecule has 0 aliphatic heterocycles. The van der Waals surface area contributed by atoms with Gasteiger partial charge in [-0.15, -0.1) is 0 Å². The molecule has 0 amide bonds. The number of fused-ring (bicyclic) bond motifs is 1. The molecule has 102 valence electrons. The SMILES string of the molecule is CNc1nc(-c2cc3cccc(C)c3o2)c(Cl)cc1Cl. The Balaban J connectivity index is 2.22. The van der Waals surface area contributed by atoms with Crippen LogP contribution in [0.2, 0.25) is 10.0 Å². The van der Waals surface area contributed by atoms with Crippen molar-refractivity contribution in [3.63, 3.8) is 0 Å². The standard InChI is InChI=1S/C15H12Cl2N2O/c1-8-4-3-5-9-6-12(20-14(8)9)13-10(16)7-11(17)15(18-2)19-13/h3-7H,1-2H3,(H,18,19). The fourth-order valence-electron chi connectivity index (χ4n) is 2.14. The fourth-order valence-corrected chi connectivity index (χ4v) is 2.69. The van der Waals surface area contributed by atoms with Gasteiger partial charge in [0.25, 0.3) is 0 Å². The number of halogens is 2. The molecule has 3 rings (SSSR count).